The van der Waals surface area contributed by atoms with Crippen LogP contribution in [-0.4, -0.2) is 19.4 Å². The lowest BCUT2D eigenvalue weighted by Gasteiger charge is -2.03. The fourth-order valence-electron chi connectivity index (χ4n) is 1.96. The minimum atomic E-state index is -0.606. The van der Waals surface area contributed by atoms with Crippen LogP contribution in [-0.2, 0) is 16.2 Å². The van der Waals surface area contributed by atoms with E-state index in [1.165, 1.54) is 6.08 Å². The van der Waals surface area contributed by atoms with Crippen molar-refractivity contribution in [2.24, 2.45) is 5.16 Å². The van der Waals surface area contributed by atoms with Crippen molar-refractivity contribution in [1.82, 2.24) is 5.32 Å². The van der Waals surface area contributed by atoms with Crippen LogP contribution < -0.4 is 10.1 Å². The average Bonchev–Trinajstić information content (AvgIpc) is 2.67. The maximum atomic E-state index is 12.0. The quantitative estimate of drug-likeness (QED) is 0.247. The van der Waals surface area contributed by atoms with Crippen molar-refractivity contribution >= 4 is 41.5 Å². The van der Waals surface area contributed by atoms with Crippen LogP contribution >= 0.6 is 23.2 Å². The molecular weight excluding hydrogens is 389 g/mol. The summed E-state index contributed by atoms with van der Waals surface area (Å²) in [7, 11) is 1.56. The van der Waals surface area contributed by atoms with Gasteiger partial charge in [0.05, 0.1) is 7.11 Å². The lowest BCUT2D eigenvalue weighted by molar-refractivity contribution is -0.115. The van der Waals surface area contributed by atoms with E-state index in [9.17, 15) is 4.79 Å². The number of carbonyl (C=O) groups excluding carboxylic acids is 1. The van der Waals surface area contributed by atoms with Gasteiger partial charge in [0.2, 0.25) is 0 Å². The zero-order chi connectivity index (χ0) is 19.6. The van der Waals surface area contributed by atoms with Crippen molar-refractivity contribution in [2.45, 2.75) is 6.61 Å². The zero-order valence-electron chi connectivity index (χ0n) is 14.3. The Hall–Kier alpha value is -3.01. The fraction of sp³-hybridized carbons (Fsp3) is 0.105. The maximum absolute atomic E-state index is 12.0. The highest BCUT2D eigenvalue weighted by Gasteiger charge is 2.07. The van der Waals surface area contributed by atoms with E-state index in [1.54, 1.807) is 49.6 Å². The van der Waals surface area contributed by atoms with Crippen molar-refractivity contribution in [1.29, 1.82) is 5.26 Å². The number of benzene rings is 2. The van der Waals surface area contributed by atoms with Gasteiger partial charge in [0, 0.05) is 15.6 Å². The molecule has 0 atom stereocenters. The molecule has 1 N–H and O–H groups in total. The van der Waals surface area contributed by atoms with E-state index >= 15 is 0 Å². The van der Waals surface area contributed by atoms with E-state index in [0.29, 0.717) is 26.9 Å². The van der Waals surface area contributed by atoms with E-state index in [-0.39, 0.29) is 12.2 Å². The van der Waals surface area contributed by atoms with Gasteiger partial charge in [-0.15, -0.1) is 0 Å². The highest BCUT2D eigenvalue weighted by molar-refractivity contribution is 6.35. The number of rotatable bonds is 7. The molecule has 0 saturated carbocycles. The molecular formula is C19H15Cl2N3O3. The highest BCUT2D eigenvalue weighted by atomic mass is 35.5. The third kappa shape index (κ3) is 6.33. The molecule has 0 aliphatic carbocycles. The Labute approximate surface area is 166 Å². The number of nitrogens with one attached hydrogen (secondary N) is 1. The number of nitriles is 1. The molecule has 138 valence electrons. The largest absolute Gasteiger partial charge is 0.497 e. The number of amides is 1. The van der Waals surface area contributed by atoms with Gasteiger partial charge >= 0.3 is 0 Å². The number of halogens is 2. The molecule has 0 saturated heterocycles. The van der Waals surface area contributed by atoms with Crippen LogP contribution in [0.4, 0.5) is 0 Å². The summed E-state index contributed by atoms with van der Waals surface area (Å²) in [6.45, 7) is 0.106. The van der Waals surface area contributed by atoms with Crippen LogP contribution in [0, 0.1) is 11.3 Å². The lowest BCUT2D eigenvalue weighted by atomic mass is 10.1. The summed E-state index contributed by atoms with van der Waals surface area (Å²) in [4.78, 5) is 17.1. The summed E-state index contributed by atoms with van der Waals surface area (Å²) >= 11 is 11.8. The molecule has 8 heteroatoms. The molecule has 27 heavy (non-hydrogen) atoms. The minimum Gasteiger partial charge on any atom is -0.497 e. The van der Waals surface area contributed by atoms with Crippen LogP contribution in [0.1, 0.15) is 11.1 Å². The summed E-state index contributed by atoms with van der Waals surface area (Å²) in [5, 5.41) is 16.1. The van der Waals surface area contributed by atoms with Crippen LogP contribution in [0.15, 0.2) is 53.2 Å². The van der Waals surface area contributed by atoms with E-state index < -0.39 is 5.91 Å². The number of nitrogens with zero attached hydrogens (tertiary/aromatic N) is 2. The van der Waals surface area contributed by atoms with E-state index in [0.717, 1.165) is 6.34 Å². The number of oxime groups is 1. The van der Waals surface area contributed by atoms with Crippen molar-refractivity contribution in [3.05, 3.63) is 69.2 Å². The van der Waals surface area contributed by atoms with Crippen LogP contribution in [0.25, 0.3) is 6.08 Å². The maximum Gasteiger partial charge on any atom is 0.267 e. The van der Waals surface area contributed by atoms with Gasteiger partial charge in [-0.1, -0.05) is 46.6 Å². The Bertz CT molecular complexity index is 903. The van der Waals surface area contributed by atoms with Crippen molar-refractivity contribution in [3.63, 3.8) is 0 Å². The molecule has 0 aliphatic heterocycles. The number of methoxy groups -OCH3 is 1. The van der Waals surface area contributed by atoms with Gasteiger partial charge in [0.25, 0.3) is 5.91 Å². The SMILES string of the molecule is COc1ccc(/C=C(/C#N)C(=O)N/C=N\OCc2ccc(Cl)cc2Cl)cc1. The Morgan fingerprint density at radius 3 is 2.63 bits per heavy atom. The summed E-state index contributed by atoms with van der Waals surface area (Å²) in [6, 6.07) is 13.8. The molecule has 0 bridgehead atoms. The molecule has 0 fully saturated rings. The average molecular weight is 404 g/mol. The minimum absolute atomic E-state index is 0.0765. The molecule has 6 nitrogen and oxygen atoms in total. The molecule has 0 unspecified atom stereocenters. The Balaban J connectivity index is 1.89. The number of ether oxygens (including phenoxy) is 1. The van der Waals surface area contributed by atoms with Gasteiger partial charge in [0.15, 0.2) is 0 Å². The summed E-state index contributed by atoms with van der Waals surface area (Å²) in [5.74, 6) is 0.0744. The molecule has 2 aromatic carbocycles. The van der Waals surface area contributed by atoms with Crippen molar-refractivity contribution in [2.75, 3.05) is 7.11 Å². The third-order valence-electron chi connectivity index (χ3n) is 3.35. The second-order valence-electron chi connectivity index (χ2n) is 5.16. The number of hydrogen-bond donors (Lipinski definition) is 1. The highest BCUT2D eigenvalue weighted by Crippen LogP contribution is 2.21. The predicted molar refractivity (Wildman–Crippen MR) is 104 cm³/mol. The molecule has 0 heterocycles. The summed E-state index contributed by atoms with van der Waals surface area (Å²) < 4.78 is 5.06. The second kappa shape index (κ2) is 10.2. The first kappa shape index (κ1) is 20.3. The molecule has 0 aliphatic rings. The standard InChI is InChI=1S/C19H15Cl2N3O3/c1-26-17-6-2-13(3-7-17)8-15(10-22)19(25)23-12-24-27-11-14-4-5-16(20)9-18(14)21/h2-9,12H,11H2,1H3,(H,23,24,25)/b15-8-. The van der Waals surface area contributed by atoms with Crippen molar-refractivity contribution in [3.8, 4) is 11.8 Å². The van der Waals surface area contributed by atoms with Gasteiger partial charge in [-0.2, -0.15) is 5.26 Å². The topological polar surface area (TPSA) is 83.7 Å². The Morgan fingerprint density at radius 2 is 2.00 bits per heavy atom. The monoisotopic (exact) mass is 403 g/mol. The molecule has 1 amide bonds. The van der Waals surface area contributed by atoms with Gasteiger partial charge in [0.1, 0.15) is 30.3 Å². The molecule has 2 aromatic rings. The summed E-state index contributed by atoms with van der Waals surface area (Å²) in [5.41, 5.74) is 1.31. The smallest absolute Gasteiger partial charge is 0.267 e. The first-order valence-corrected chi connectivity index (χ1v) is 8.43. The fourth-order valence-corrected chi connectivity index (χ4v) is 2.42. The Morgan fingerprint density at radius 1 is 1.26 bits per heavy atom. The molecule has 0 radical (unpaired) electrons. The third-order valence-corrected chi connectivity index (χ3v) is 3.94. The van der Waals surface area contributed by atoms with E-state index in [4.69, 9.17) is 38.0 Å². The van der Waals surface area contributed by atoms with Crippen LogP contribution in [0.5, 0.6) is 5.75 Å². The molecule has 0 aromatic heterocycles. The van der Waals surface area contributed by atoms with E-state index in [1.807, 2.05) is 6.07 Å². The normalized spacial score (nSPS) is 11.1. The predicted octanol–water partition coefficient (Wildman–Crippen LogP) is 4.19. The second-order valence-corrected chi connectivity index (χ2v) is 6.00. The first-order valence-electron chi connectivity index (χ1n) is 7.68. The molecule has 2 rings (SSSR count). The van der Waals surface area contributed by atoms with Crippen LogP contribution in [0.3, 0.4) is 0 Å². The van der Waals surface area contributed by atoms with Crippen molar-refractivity contribution < 1.29 is 14.4 Å². The van der Waals surface area contributed by atoms with E-state index in [2.05, 4.69) is 10.5 Å². The Kier molecular flexibility index (Phi) is 7.68. The molecule has 0 spiro atoms. The van der Waals surface area contributed by atoms with Gasteiger partial charge in [-0.3, -0.25) is 4.79 Å². The van der Waals surface area contributed by atoms with Gasteiger partial charge in [-0.25, -0.2) is 0 Å². The summed E-state index contributed by atoms with van der Waals surface area (Å²) in [6.07, 6.45) is 2.52. The zero-order valence-corrected chi connectivity index (χ0v) is 15.8. The number of carbonyl (C=O) groups is 1. The van der Waals surface area contributed by atoms with Gasteiger partial charge in [-0.05, 0) is 35.9 Å². The first-order chi connectivity index (χ1) is 13.0. The number of hydrogen-bond acceptors (Lipinski definition) is 5. The van der Waals surface area contributed by atoms with Crippen LogP contribution in [0.2, 0.25) is 10.0 Å². The lowest BCUT2D eigenvalue weighted by Crippen LogP contribution is -2.22. The van der Waals surface area contributed by atoms with Gasteiger partial charge < -0.3 is 14.9 Å².